The lowest BCUT2D eigenvalue weighted by molar-refractivity contribution is 0.353. The molecular weight excluding hydrogens is 293 g/mol. The quantitative estimate of drug-likeness (QED) is 0.890. The van der Waals surface area contributed by atoms with Crippen molar-refractivity contribution in [3.05, 3.63) is 47.4 Å². The highest BCUT2D eigenvalue weighted by Crippen LogP contribution is 2.19. The molecule has 116 valence electrons. The van der Waals surface area contributed by atoms with E-state index in [1.807, 2.05) is 20.0 Å². The molecule has 2 aromatic rings. The minimum absolute atomic E-state index is 0. The number of aromatic nitrogens is 2. The lowest BCUT2D eigenvalue weighted by atomic mass is 10.0. The molecule has 0 aliphatic rings. The zero-order chi connectivity index (χ0) is 14.5. The first-order chi connectivity index (χ1) is 9.58. The summed E-state index contributed by atoms with van der Waals surface area (Å²) in [4.78, 5) is 4.41. The number of likely N-dealkylation sites (N-methyl/N-ethyl adjacent to an activating group) is 1. The van der Waals surface area contributed by atoms with E-state index in [0.29, 0.717) is 24.2 Å². The van der Waals surface area contributed by atoms with Crippen molar-refractivity contribution in [3.63, 3.8) is 0 Å². The van der Waals surface area contributed by atoms with Crippen LogP contribution in [0.1, 0.15) is 37.0 Å². The first-order valence-corrected chi connectivity index (χ1v) is 6.82. The summed E-state index contributed by atoms with van der Waals surface area (Å²) in [6.07, 6.45) is 1.41. The molecule has 6 heteroatoms. The molecule has 1 aromatic heterocycles. The molecule has 0 saturated carbocycles. The van der Waals surface area contributed by atoms with Gasteiger partial charge in [-0.15, -0.1) is 12.4 Å². The van der Waals surface area contributed by atoms with Gasteiger partial charge >= 0.3 is 0 Å². The second-order valence-corrected chi connectivity index (χ2v) is 5.18. The first kappa shape index (κ1) is 17.6. The highest BCUT2D eigenvalue weighted by atomic mass is 35.5. The molecule has 0 amide bonds. The van der Waals surface area contributed by atoms with Crippen LogP contribution in [-0.4, -0.2) is 23.2 Å². The number of nitrogens with one attached hydrogen (secondary N) is 1. The Hall–Kier alpha value is -1.46. The van der Waals surface area contributed by atoms with Crippen molar-refractivity contribution in [3.8, 4) is 0 Å². The van der Waals surface area contributed by atoms with Crippen molar-refractivity contribution in [2.24, 2.45) is 0 Å². The van der Waals surface area contributed by atoms with Crippen LogP contribution in [0.2, 0.25) is 0 Å². The van der Waals surface area contributed by atoms with E-state index in [2.05, 4.69) is 22.4 Å². The second kappa shape index (κ2) is 8.10. The summed E-state index contributed by atoms with van der Waals surface area (Å²) < 4.78 is 18.4. The molecule has 0 fully saturated rings. The maximum absolute atomic E-state index is 13.1. The zero-order valence-electron chi connectivity index (χ0n) is 12.5. The van der Waals surface area contributed by atoms with Gasteiger partial charge in [-0.05, 0) is 38.1 Å². The third kappa shape index (κ3) is 5.10. The van der Waals surface area contributed by atoms with Gasteiger partial charge in [0.1, 0.15) is 5.82 Å². The average molecular weight is 314 g/mol. The molecule has 0 aliphatic carbocycles. The molecule has 21 heavy (non-hydrogen) atoms. The maximum atomic E-state index is 13.1. The van der Waals surface area contributed by atoms with Crippen LogP contribution in [0.4, 0.5) is 4.39 Å². The number of hydrogen-bond donors (Lipinski definition) is 1. The van der Waals surface area contributed by atoms with Crippen molar-refractivity contribution < 1.29 is 8.91 Å². The van der Waals surface area contributed by atoms with E-state index in [1.165, 1.54) is 12.1 Å². The predicted octanol–water partition coefficient (Wildman–Crippen LogP) is 3.13. The van der Waals surface area contributed by atoms with Gasteiger partial charge in [0.2, 0.25) is 5.89 Å². The van der Waals surface area contributed by atoms with Gasteiger partial charge in [0.15, 0.2) is 5.82 Å². The molecule has 1 heterocycles. The van der Waals surface area contributed by atoms with Crippen LogP contribution in [0, 0.1) is 5.82 Å². The molecule has 0 aliphatic heterocycles. The minimum atomic E-state index is -0.219. The summed E-state index contributed by atoms with van der Waals surface area (Å²) >= 11 is 0. The Balaban J connectivity index is 0.00000220. The maximum Gasteiger partial charge on any atom is 0.229 e. The molecule has 0 radical (unpaired) electrons. The molecule has 1 N–H and O–H groups in total. The number of hydrogen-bond acceptors (Lipinski definition) is 4. The van der Waals surface area contributed by atoms with Gasteiger partial charge in [-0.3, -0.25) is 0 Å². The molecule has 0 spiro atoms. The van der Waals surface area contributed by atoms with E-state index in [4.69, 9.17) is 4.52 Å². The summed E-state index contributed by atoms with van der Waals surface area (Å²) in [5.74, 6) is 1.16. The SMILES string of the molecule is CNC(C)Cc1noc(C(C)Cc2cccc(F)c2)n1.Cl. The van der Waals surface area contributed by atoms with Gasteiger partial charge in [0.25, 0.3) is 0 Å². The van der Waals surface area contributed by atoms with E-state index in [-0.39, 0.29) is 24.1 Å². The normalized spacial score (nSPS) is 13.5. The van der Waals surface area contributed by atoms with E-state index in [1.54, 1.807) is 6.07 Å². The minimum Gasteiger partial charge on any atom is -0.339 e. The van der Waals surface area contributed by atoms with E-state index in [0.717, 1.165) is 12.0 Å². The van der Waals surface area contributed by atoms with Crippen LogP contribution in [0.25, 0.3) is 0 Å². The average Bonchev–Trinajstić information content (AvgIpc) is 2.87. The molecule has 2 atom stereocenters. The van der Waals surface area contributed by atoms with Crippen molar-refractivity contribution in [2.75, 3.05) is 7.05 Å². The summed E-state index contributed by atoms with van der Waals surface area (Å²) in [5, 5.41) is 7.12. The Bertz CT molecular complexity index is 561. The molecule has 2 unspecified atom stereocenters. The summed E-state index contributed by atoms with van der Waals surface area (Å²) in [6, 6.07) is 6.90. The highest BCUT2D eigenvalue weighted by Gasteiger charge is 2.16. The first-order valence-electron chi connectivity index (χ1n) is 6.82. The topological polar surface area (TPSA) is 51.0 Å². The monoisotopic (exact) mass is 313 g/mol. The third-order valence-corrected chi connectivity index (χ3v) is 3.32. The van der Waals surface area contributed by atoms with Gasteiger partial charge in [0, 0.05) is 18.4 Å². The smallest absolute Gasteiger partial charge is 0.229 e. The second-order valence-electron chi connectivity index (χ2n) is 5.18. The molecular formula is C15H21ClFN3O. The van der Waals surface area contributed by atoms with Crippen LogP contribution in [0.3, 0.4) is 0 Å². The van der Waals surface area contributed by atoms with Crippen LogP contribution in [0.15, 0.2) is 28.8 Å². The van der Waals surface area contributed by atoms with Crippen LogP contribution < -0.4 is 5.32 Å². The van der Waals surface area contributed by atoms with Gasteiger partial charge in [-0.2, -0.15) is 4.98 Å². The Morgan fingerprint density at radius 3 is 2.71 bits per heavy atom. The third-order valence-electron chi connectivity index (χ3n) is 3.32. The molecule has 1 aromatic carbocycles. The lowest BCUT2D eigenvalue weighted by Crippen LogP contribution is -2.24. The van der Waals surface area contributed by atoms with Crippen molar-refractivity contribution >= 4 is 12.4 Å². The number of nitrogens with zero attached hydrogens (tertiary/aromatic N) is 2. The zero-order valence-corrected chi connectivity index (χ0v) is 13.3. The Morgan fingerprint density at radius 2 is 2.05 bits per heavy atom. The molecule has 0 bridgehead atoms. The van der Waals surface area contributed by atoms with Gasteiger partial charge in [-0.25, -0.2) is 4.39 Å². The Morgan fingerprint density at radius 1 is 1.29 bits per heavy atom. The number of benzene rings is 1. The Kier molecular flexibility index (Phi) is 6.78. The molecule has 0 saturated heterocycles. The number of rotatable bonds is 6. The van der Waals surface area contributed by atoms with Crippen molar-refractivity contribution in [1.29, 1.82) is 0 Å². The Labute approximate surface area is 130 Å². The van der Waals surface area contributed by atoms with Gasteiger partial charge in [0.05, 0.1) is 0 Å². The van der Waals surface area contributed by atoms with E-state index >= 15 is 0 Å². The fraction of sp³-hybridized carbons (Fsp3) is 0.467. The largest absolute Gasteiger partial charge is 0.339 e. The highest BCUT2D eigenvalue weighted by molar-refractivity contribution is 5.85. The predicted molar refractivity (Wildman–Crippen MR) is 82.3 cm³/mol. The standard InChI is InChI=1S/C15H20FN3O.ClH/c1-10(7-12-5-4-6-13(16)9-12)15-18-14(19-20-15)8-11(2)17-3;/h4-6,9-11,17H,7-8H2,1-3H3;1H. The van der Waals surface area contributed by atoms with Crippen LogP contribution in [0.5, 0.6) is 0 Å². The van der Waals surface area contributed by atoms with E-state index in [9.17, 15) is 4.39 Å². The molecule has 2 rings (SSSR count). The van der Waals surface area contributed by atoms with E-state index < -0.39 is 0 Å². The summed E-state index contributed by atoms with van der Waals surface area (Å²) in [5.41, 5.74) is 0.931. The number of halogens is 2. The fourth-order valence-electron chi connectivity index (χ4n) is 2.03. The molecule has 4 nitrogen and oxygen atoms in total. The van der Waals surface area contributed by atoms with Crippen molar-refractivity contribution in [1.82, 2.24) is 15.5 Å². The summed E-state index contributed by atoms with van der Waals surface area (Å²) in [6.45, 7) is 4.07. The van der Waals surface area contributed by atoms with Crippen LogP contribution in [-0.2, 0) is 12.8 Å². The fourth-order valence-corrected chi connectivity index (χ4v) is 2.03. The lowest BCUT2D eigenvalue weighted by Gasteiger charge is -2.07. The van der Waals surface area contributed by atoms with Gasteiger partial charge < -0.3 is 9.84 Å². The van der Waals surface area contributed by atoms with Crippen molar-refractivity contribution in [2.45, 2.75) is 38.6 Å². The van der Waals surface area contributed by atoms with Crippen LogP contribution >= 0.6 is 12.4 Å². The van der Waals surface area contributed by atoms with Gasteiger partial charge in [-0.1, -0.05) is 24.2 Å². The summed E-state index contributed by atoms with van der Waals surface area (Å²) in [7, 11) is 1.90.